The molecule has 1 N–H and O–H groups in total. The summed E-state index contributed by atoms with van der Waals surface area (Å²) in [6.45, 7) is 1.81. The van der Waals surface area contributed by atoms with Gasteiger partial charge in [-0.05, 0) is 55.5 Å². The molecule has 0 atom stereocenters. The normalized spacial score (nSPS) is 11.3. The van der Waals surface area contributed by atoms with E-state index in [1.807, 2.05) is 0 Å². The maximum atomic E-state index is 13.0. The summed E-state index contributed by atoms with van der Waals surface area (Å²) in [6, 6.07) is 9.82. The van der Waals surface area contributed by atoms with E-state index in [2.05, 4.69) is 15.4 Å². The highest BCUT2D eigenvalue weighted by Gasteiger charge is 2.30. The van der Waals surface area contributed by atoms with Crippen molar-refractivity contribution < 1.29 is 27.1 Å². The number of nitrogens with zero attached hydrogens (tertiary/aromatic N) is 3. The Kier molecular flexibility index (Phi) is 5.81. The number of alkyl halides is 3. The molecule has 0 unspecified atom stereocenters. The van der Waals surface area contributed by atoms with Crippen molar-refractivity contribution in [3.8, 4) is 11.4 Å². The van der Waals surface area contributed by atoms with Gasteiger partial charge < -0.3 is 10.1 Å². The summed E-state index contributed by atoms with van der Waals surface area (Å²) < 4.78 is 57.3. The molecule has 6 nitrogen and oxygen atoms in total. The maximum absolute atomic E-state index is 13.0. The monoisotopic (exact) mass is 408 g/mol. The number of carbonyl (C=O) groups excluding carboxylic acids is 1. The largest absolute Gasteiger partial charge is 0.492 e. The standard InChI is InChI=1S/C19H16F4N4O2/c1-12-25-17(26-27(12)15-6-4-14(20)5-7-15)18(28)24-10-11-29-16-8-2-13(3-9-16)19(21,22)23/h2-9H,10-11H2,1H3,(H,24,28). The van der Waals surface area contributed by atoms with E-state index in [9.17, 15) is 22.4 Å². The molecule has 29 heavy (non-hydrogen) atoms. The second kappa shape index (κ2) is 8.29. The molecule has 152 valence electrons. The topological polar surface area (TPSA) is 69.0 Å². The number of benzene rings is 2. The lowest BCUT2D eigenvalue weighted by molar-refractivity contribution is -0.137. The lowest BCUT2D eigenvalue weighted by Gasteiger charge is -2.09. The van der Waals surface area contributed by atoms with Crippen LogP contribution in [0.15, 0.2) is 48.5 Å². The van der Waals surface area contributed by atoms with Crippen LogP contribution < -0.4 is 10.1 Å². The molecule has 1 aromatic heterocycles. The molecule has 0 aliphatic rings. The van der Waals surface area contributed by atoms with Crippen LogP contribution in [0, 0.1) is 12.7 Å². The third-order valence-electron chi connectivity index (χ3n) is 3.88. The third-order valence-corrected chi connectivity index (χ3v) is 3.88. The lowest BCUT2D eigenvalue weighted by Crippen LogP contribution is -2.29. The molecule has 0 spiro atoms. The first-order chi connectivity index (χ1) is 13.7. The highest BCUT2D eigenvalue weighted by Crippen LogP contribution is 2.30. The van der Waals surface area contributed by atoms with Crippen molar-refractivity contribution in [3.63, 3.8) is 0 Å². The Hall–Kier alpha value is -3.43. The third kappa shape index (κ3) is 5.09. The van der Waals surface area contributed by atoms with Crippen molar-refractivity contribution in [2.75, 3.05) is 13.2 Å². The van der Waals surface area contributed by atoms with Crippen LogP contribution in [0.4, 0.5) is 17.6 Å². The van der Waals surface area contributed by atoms with Crippen LogP contribution in [0.2, 0.25) is 0 Å². The average molecular weight is 408 g/mol. The van der Waals surface area contributed by atoms with Gasteiger partial charge in [-0.15, -0.1) is 5.10 Å². The Morgan fingerprint density at radius 1 is 1.10 bits per heavy atom. The molecule has 2 aromatic carbocycles. The van der Waals surface area contributed by atoms with Gasteiger partial charge in [-0.2, -0.15) is 13.2 Å². The number of nitrogens with one attached hydrogen (secondary N) is 1. The van der Waals surface area contributed by atoms with Crippen LogP contribution in [-0.2, 0) is 6.18 Å². The van der Waals surface area contributed by atoms with Gasteiger partial charge in [0.15, 0.2) is 0 Å². The van der Waals surface area contributed by atoms with Crippen molar-refractivity contribution in [3.05, 3.63) is 71.6 Å². The van der Waals surface area contributed by atoms with Gasteiger partial charge in [-0.1, -0.05) is 0 Å². The minimum Gasteiger partial charge on any atom is -0.492 e. The first-order valence-corrected chi connectivity index (χ1v) is 8.52. The van der Waals surface area contributed by atoms with Crippen LogP contribution in [-0.4, -0.2) is 33.8 Å². The van der Waals surface area contributed by atoms with Crippen molar-refractivity contribution in [1.29, 1.82) is 0 Å². The van der Waals surface area contributed by atoms with Crippen LogP contribution in [0.5, 0.6) is 5.75 Å². The van der Waals surface area contributed by atoms with Crippen LogP contribution in [0.25, 0.3) is 5.69 Å². The molecule has 0 aliphatic carbocycles. The zero-order valence-electron chi connectivity index (χ0n) is 15.2. The Labute approximate surface area is 163 Å². The summed E-state index contributed by atoms with van der Waals surface area (Å²) in [5, 5.41) is 6.67. The lowest BCUT2D eigenvalue weighted by atomic mass is 10.2. The number of ether oxygens (including phenoxy) is 1. The number of amides is 1. The zero-order valence-corrected chi connectivity index (χ0v) is 15.2. The number of aromatic nitrogens is 3. The van der Waals surface area contributed by atoms with E-state index >= 15 is 0 Å². The van der Waals surface area contributed by atoms with E-state index in [0.29, 0.717) is 11.5 Å². The van der Waals surface area contributed by atoms with Gasteiger partial charge in [0, 0.05) is 0 Å². The van der Waals surface area contributed by atoms with Crippen molar-refractivity contribution in [1.82, 2.24) is 20.1 Å². The van der Waals surface area contributed by atoms with Gasteiger partial charge in [-0.3, -0.25) is 4.79 Å². The summed E-state index contributed by atoms with van der Waals surface area (Å²) in [5.74, 6) is -0.298. The van der Waals surface area contributed by atoms with E-state index in [-0.39, 0.29) is 24.7 Å². The summed E-state index contributed by atoms with van der Waals surface area (Å²) in [7, 11) is 0. The van der Waals surface area contributed by atoms with Crippen molar-refractivity contribution in [2.45, 2.75) is 13.1 Å². The van der Waals surface area contributed by atoms with Crippen LogP contribution in [0.3, 0.4) is 0 Å². The van der Waals surface area contributed by atoms with Crippen LogP contribution in [0.1, 0.15) is 22.0 Å². The Balaban J connectivity index is 1.52. The number of aryl methyl sites for hydroxylation is 1. The molecule has 0 saturated carbocycles. The second-order valence-electron chi connectivity index (χ2n) is 6.00. The fourth-order valence-corrected chi connectivity index (χ4v) is 2.47. The summed E-state index contributed by atoms with van der Waals surface area (Å²) in [5.41, 5.74) is -0.211. The first kappa shape index (κ1) is 20.3. The molecule has 3 rings (SSSR count). The Morgan fingerprint density at radius 3 is 2.38 bits per heavy atom. The summed E-state index contributed by atoms with van der Waals surface area (Å²) in [4.78, 5) is 16.2. The summed E-state index contributed by atoms with van der Waals surface area (Å²) >= 11 is 0. The van der Waals surface area contributed by atoms with E-state index in [1.54, 1.807) is 6.92 Å². The molecular formula is C19H16F4N4O2. The Bertz CT molecular complexity index is 983. The zero-order chi connectivity index (χ0) is 21.0. The molecule has 1 heterocycles. The van der Waals surface area contributed by atoms with Gasteiger partial charge in [0.2, 0.25) is 5.82 Å². The van der Waals surface area contributed by atoms with E-state index in [0.717, 1.165) is 12.1 Å². The minimum atomic E-state index is -4.41. The fraction of sp³-hybridized carbons (Fsp3) is 0.211. The fourth-order valence-electron chi connectivity index (χ4n) is 2.47. The highest BCUT2D eigenvalue weighted by atomic mass is 19.4. The minimum absolute atomic E-state index is 0.0504. The SMILES string of the molecule is Cc1nc(C(=O)NCCOc2ccc(C(F)(F)F)cc2)nn1-c1ccc(F)cc1. The maximum Gasteiger partial charge on any atom is 0.416 e. The smallest absolute Gasteiger partial charge is 0.416 e. The molecule has 0 aliphatic heterocycles. The molecule has 0 bridgehead atoms. The molecule has 10 heteroatoms. The van der Waals surface area contributed by atoms with Gasteiger partial charge in [-0.25, -0.2) is 14.1 Å². The van der Waals surface area contributed by atoms with Gasteiger partial charge in [0.1, 0.15) is 24.0 Å². The van der Waals surface area contributed by atoms with E-state index in [1.165, 1.54) is 41.1 Å². The predicted molar refractivity (Wildman–Crippen MR) is 95.3 cm³/mol. The predicted octanol–water partition coefficient (Wildman–Crippen LogP) is 3.54. The van der Waals surface area contributed by atoms with E-state index in [4.69, 9.17) is 4.74 Å². The van der Waals surface area contributed by atoms with Crippen molar-refractivity contribution >= 4 is 5.91 Å². The molecule has 0 saturated heterocycles. The first-order valence-electron chi connectivity index (χ1n) is 8.52. The molecular weight excluding hydrogens is 392 g/mol. The number of halogens is 4. The number of hydrogen-bond acceptors (Lipinski definition) is 4. The second-order valence-corrected chi connectivity index (χ2v) is 6.00. The molecule has 0 fully saturated rings. The van der Waals surface area contributed by atoms with Crippen molar-refractivity contribution in [2.24, 2.45) is 0 Å². The van der Waals surface area contributed by atoms with Gasteiger partial charge >= 0.3 is 6.18 Å². The van der Waals surface area contributed by atoms with Crippen LogP contribution >= 0.6 is 0 Å². The highest BCUT2D eigenvalue weighted by molar-refractivity contribution is 5.90. The molecule has 0 radical (unpaired) electrons. The quantitative estimate of drug-likeness (QED) is 0.500. The van der Waals surface area contributed by atoms with E-state index < -0.39 is 23.5 Å². The number of rotatable bonds is 6. The number of carbonyl (C=O) groups is 1. The van der Waals surface area contributed by atoms with Gasteiger partial charge in [0.25, 0.3) is 5.91 Å². The summed E-state index contributed by atoms with van der Waals surface area (Å²) in [6.07, 6.45) is -4.41. The number of hydrogen-bond donors (Lipinski definition) is 1. The molecule has 3 aromatic rings. The van der Waals surface area contributed by atoms with Gasteiger partial charge in [0.05, 0.1) is 17.8 Å². The Morgan fingerprint density at radius 2 is 1.76 bits per heavy atom. The average Bonchev–Trinajstić information content (AvgIpc) is 3.07. The molecule has 1 amide bonds.